The van der Waals surface area contributed by atoms with Crippen LogP contribution in [-0.2, 0) is 4.74 Å². The first-order valence-corrected chi connectivity index (χ1v) is 7.59. The number of nitro groups is 1. The fraction of sp³-hybridized carbons (Fsp3) is 0.600. The number of hydrogen-bond donors (Lipinski definition) is 1. The Hall–Kier alpha value is -2.38. The highest BCUT2D eigenvalue weighted by Crippen LogP contribution is 2.28. The molecule has 1 amide bonds. The summed E-state index contributed by atoms with van der Waals surface area (Å²) in [7, 11) is 0. The number of piperidine rings is 1. The fourth-order valence-corrected chi connectivity index (χ4v) is 2.48. The zero-order valence-electron chi connectivity index (χ0n) is 13.6. The largest absolute Gasteiger partial charge is 0.446 e. The summed E-state index contributed by atoms with van der Waals surface area (Å²) in [5.41, 5.74) is 0.170. The number of anilines is 1. The normalized spacial score (nSPS) is 16.0. The lowest BCUT2D eigenvalue weighted by atomic mass is 10.1. The molecule has 2 rings (SSSR count). The van der Waals surface area contributed by atoms with Gasteiger partial charge in [-0.2, -0.15) is 0 Å². The van der Waals surface area contributed by atoms with Crippen LogP contribution < -0.4 is 10.2 Å². The van der Waals surface area contributed by atoms with Crippen molar-refractivity contribution in [1.82, 2.24) is 10.3 Å². The van der Waals surface area contributed by atoms with Crippen LogP contribution in [0.1, 0.15) is 33.6 Å². The minimum atomic E-state index is -0.477. The molecule has 1 aromatic rings. The van der Waals surface area contributed by atoms with Gasteiger partial charge in [-0.05, 0) is 42.8 Å². The zero-order valence-corrected chi connectivity index (χ0v) is 13.6. The van der Waals surface area contributed by atoms with Crippen LogP contribution in [0, 0.1) is 10.1 Å². The van der Waals surface area contributed by atoms with Gasteiger partial charge in [0, 0.05) is 31.5 Å². The molecule has 0 aromatic carbocycles. The third-order valence-corrected chi connectivity index (χ3v) is 3.47. The number of amides is 1. The van der Waals surface area contributed by atoms with Crippen LogP contribution in [0.4, 0.5) is 16.3 Å². The van der Waals surface area contributed by atoms with E-state index >= 15 is 0 Å². The Balaban J connectivity index is 1.92. The first kappa shape index (κ1) is 17.0. The van der Waals surface area contributed by atoms with E-state index in [1.807, 2.05) is 25.7 Å². The van der Waals surface area contributed by atoms with E-state index in [1.54, 1.807) is 12.1 Å². The number of hydrogen-bond acceptors (Lipinski definition) is 6. The van der Waals surface area contributed by atoms with Crippen molar-refractivity contribution in [2.75, 3.05) is 18.0 Å². The molecule has 1 saturated heterocycles. The van der Waals surface area contributed by atoms with Gasteiger partial charge in [-0.3, -0.25) is 0 Å². The quantitative estimate of drug-likeness (QED) is 0.678. The maximum absolute atomic E-state index is 11.8. The van der Waals surface area contributed by atoms with Crippen LogP contribution in [-0.4, -0.2) is 40.7 Å². The molecule has 0 unspecified atom stereocenters. The SMILES string of the molecule is CC(C)(C)NC(=O)OC1CCN(c2cccnc2[N+](=O)[O-])CC1. The summed E-state index contributed by atoms with van der Waals surface area (Å²) < 4.78 is 5.40. The van der Waals surface area contributed by atoms with Crippen molar-refractivity contribution < 1.29 is 14.5 Å². The van der Waals surface area contributed by atoms with Crippen LogP contribution in [0.3, 0.4) is 0 Å². The van der Waals surface area contributed by atoms with E-state index in [2.05, 4.69) is 10.3 Å². The van der Waals surface area contributed by atoms with Crippen molar-refractivity contribution in [3.05, 3.63) is 28.4 Å². The van der Waals surface area contributed by atoms with Crippen LogP contribution in [0.2, 0.25) is 0 Å². The molecule has 1 aromatic heterocycles. The predicted octanol–water partition coefficient (Wildman–Crippen LogP) is 2.48. The van der Waals surface area contributed by atoms with Crippen LogP contribution in [0.15, 0.2) is 18.3 Å². The minimum Gasteiger partial charge on any atom is -0.446 e. The van der Waals surface area contributed by atoms with Crippen LogP contribution in [0.5, 0.6) is 0 Å². The van der Waals surface area contributed by atoms with Gasteiger partial charge in [-0.25, -0.2) is 4.79 Å². The Morgan fingerprint density at radius 1 is 1.43 bits per heavy atom. The second kappa shape index (κ2) is 6.80. The number of alkyl carbamates (subject to hydrolysis) is 1. The Labute approximate surface area is 135 Å². The molecule has 8 heteroatoms. The second-order valence-electron chi connectivity index (χ2n) is 6.57. The monoisotopic (exact) mass is 322 g/mol. The Morgan fingerprint density at radius 2 is 2.09 bits per heavy atom. The molecule has 0 aliphatic carbocycles. The summed E-state index contributed by atoms with van der Waals surface area (Å²) in [4.78, 5) is 28.1. The van der Waals surface area contributed by atoms with Gasteiger partial charge in [0.15, 0.2) is 0 Å². The Bertz CT molecular complexity index is 577. The lowest BCUT2D eigenvalue weighted by molar-refractivity contribution is -0.388. The van der Waals surface area contributed by atoms with Gasteiger partial charge in [0.2, 0.25) is 0 Å². The summed E-state index contributed by atoms with van der Waals surface area (Å²) in [5.74, 6) is -0.141. The van der Waals surface area contributed by atoms with Crippen molar-refractivity contribution in [2.45, 2.75) is 45.3 Å². The molecule has 1 aliphatic heterocycles. The number of nitrogens with one attached hydrogen (secondary N) is 1. The molecular weight excluding hydrogens is 300 g/mol. The van der Waals surface area contributed by atoms with Gasteiger partial charge in [0.1, 0.15) is 18.0 Å². The topological polar surface area (TPSA) is 97.6 Å². The minimum absolute atomic E-state index is 0.141. The summed E-state index contributed by atoms with van der Waals surface area (Å²) in [6, 6.07) is 3.38. The first-order valence-electron chi connectivity index (χ1n) is 7.59. The third-order valence-electron chi connectivity index (χ3n) is 3.47. The van der Waals surface area contributed by atoms with E-state index in [0.717, 1.165) is 0 Å². The maximum atomic E-state index is 11.8. The maximum Gasteiger partial charge on any atom is 0.407 e. The van der Waals surface area contributed by atoms with Gasteiger partial charge >= 0.3 is 11.9 Å². The van der Waals surface area contributed by atoms with E-state index in [0.29, 0.717) is 31.6 Å². The van der Waals surface area contributed by atoms with Gasteiger partial charge in [0.05, 0.1) is 0 Å². The fourth-order valence-electron chi connectivity index (χ4n) is 2.48. The molecular formula is C15H22N4O4. The summed E-state index contributed by atoms with van der Waals surface area (Å²) in [6.45, 7) is 6.83. The van der Waals surface area contributed by atoms with Crippen molar-refractivity contribution in [3.8, 4) is 0 Å². The average Bonchev–Trinajstić information content (AvgIpc) is 2.46. The molecule has 1 fully saturated rings. The highest BCUT2D eigenvalue weighted by atomic mass is 16.6. The molecule has 0 saturated carbocycles. The van der Waals surface area contributed by atoms with E-state index in [9.17, 15) is 14.9 Å². The number of carbonyl (C=O) groups is 1. The summed E-state index contributed by atoms with van der Waals surface area (Å²) in [6.07, 6.45) is 2.06. The first-order chi connectivity index (χ1) is 10.8. The molecule has 0 bridgehead atoms. The van der Waals surface area contributed by atoms with Gasteiger partial charge in [-0.1, -0.05) is 0 Å². The van der Waals surface area contributed by atoms with E-state index in [4.69, 9.17) is 4.74 Å². The van der Waals surface area contributed by atoms with Gasteiger partial charge in [0.25, 0.3) is 0 Å². The second-order valence-corrected chi connectivity index (χ2v) is 6.57. The molecule has 1 aliphatic rings. The highest BCUT2D eigenvalue weighted by molar-refractivity contribution is 5.68. The predicted molar refractivity (Wildman–Crippen MR) is 85.5 cm³/mol. The molecule has 0 radical (unpaired) electrons. The van der Waals surface area contributed by atoms with E-state index in [-0.39, 0.29) is 17.5 Å². The standard InChI is InChI=1S/C15H22N4O4/c1-15(2,3)17-14(20)23-11-6-9-18(10-7-11)12-5-4-8-16-13(12)19(21)22/h4-5,8,11H,6-7,9-10H2,1-3H3,(H,17,20). The Kier molecular flexibility index (Phi) is 5.02. The van der Waals surface area contributed by atoms with Crippen molar-refractivity contribution in [3.63, 3.8) is 0 Å². The molecule has 0 atom stereocenters. The molecule has 8 nitrogen and oxygen atoms in total. The summed E-state index contributed by atoms with van der Waals surface area (Å²) in [5, 5.41) is 13.8. The van der Waals surface area contributed by atoms with E-state index in [1.165, 1.54) is 6.20 Å². The van der Waals surface area contributed by atoms with Gasteiger partial charge < -0.3 is 25.1 Å². The number of ether oxygens (including phenoxy) is 1. The van der Waals surface area contributed by atoms with Crippen molar-refractivity contribution >= 4 is 17.6 Å². The van der Waals surface area contributed by atoms with Gasteiger partial charge in [-0.15, -0.1) is 0 Å². The lowest BCUT2D eigenvalue weighted by Crippen LogP contribution is -2.44. The van der Waals surface area contributed by atoms with Crippen LogP contribution >= 0.6 is 0 Å². The highest BCUT2D eigenvalue weighted by Gasteiger charge is 2.27. The third kappa shape index (κ3) is 4.80. The molecule has 1 N–H and O–H groups in total. The number of rotatable bonds is 3. The number of aromatic nitrogens is 1. The molecule has 23 heavy (non-hydrogen) atoms. The van der Waals surface area contributed by atoms with Crippen molar-refractivity contribution in [2.24, 2.45) is 0 Å². The number of nitrogens with zero attached hydrogens (tertiary/aromatic N) is 3. The van der Waals surface area contributed by atoms with Crippen molar-refractivity contribution in [1.29, 1.82) is 0 Å². The van der Waals surface area contributed by atoms with Crippen LogP contribution in [0.25, 0.3) is 0 Å². The number of carbonyl (C=O) groups excluding carboxylic acids is 1. The molecule has 126 valence electrons. The molecule has 0 spiro atoms. The average molecular weight is 322 g/mol. The van der Waals surface area contributed by atoms with E-state index < -0.39 is 11.0 Å². The Morgan fingerprint density at radius 3 is 2.65 bits per heavy atom. The summed E-state index contributed by atoms with van der Waals surface area (Å²) >= 11 is 0. The molecule has 2 heterocycles. The smallest absolute Gasteiger partial charge is 0.407 e. The lowest BCUT2D eigenvalue weighted by Gasteiger charge is -2.33. The number of pyridine rings is 1. The zero-order chi connectivity index (χ0) is 17.0.